The molecule has 4 nitrogen and oxygen atoms in total. The summed E-state index contributed by atoms with van der Waals surface area (Å²) < 4.78 is 45.4. The molecule has 8 heteroatoms. The number of carbonyl (C=O) groups excluding carboxylic acids is 2. The molecule has 2 aromatic carbocycles. The molecule has 0 bridgehead atoms. The number of hydrogen-bond acceptors (Lipinski definition) is 4. The number of ether oxygens (including phenoxy) is 1. The number of carbonyl (C=O) groups is 2. The van der Waals surface area contributed by atoms with Gasteiger partial charge in [0.1, 0.15) is 5.57 Å². The summed E-state index contributed by atoms with van der Waals surface area (Å²) in [4.78, 5) is 24.9. The lowest BCUT2D eigenvalue weighted by Crippen LogP contribution is -2.21. The first-order chi connectivity index (χ1) is 12.7. The molecule has 0 fully saturated rings. The third kappa shape index (κ3) is 5.56. The lowest BCUT2D eigenvalue weighted by molar-refractivity contribution is -0.139. The van der Waals surface area contributed by atoms with Gasteiger partial charge in [-0.05, 0) is 59.8 Å². The van der Waals surface area contributed by atoms with Crippen LogP contribution in [0.25, 0.3) is 0 Å². The van der Waals surface area contributed by atoms with Crippen molar-refractivity contribution >= 4 is 40.0 Å². The van der Waals surface area contributed by atoms with Crippen molar-refractivity contribution in [1.82, 2.24) is 0 Å². The van der Waals surface area contributed by atoms with Gasteiger partial charge in [-0.1, -0.05) is 18.2 Å². The average Bonchev–Trinajstić information content (AvgIpc) is 2.63. The molecule has 0 spiro atoms. The largest absolute Gasteiger partial charge is 0.462 e. The molecule has 0 amide bonds. The maximum Gasteiger partial charge on any atom is 0.417 e. The van der Waals surface area contributed by atoms with E-state index in [1.807, 2.05) is 0 Å². The van der Waals surface area contributed by atoms with Crippen molar-refractivity contribution in [2.24, 2.45) is 0 Å². The summed E-state index contributed by atoms with van der Waals surface area (Å²) in [6, 6.07) is 11.3. The summed E-state index contributed by atoms with van der Waals surface area (Å²) in [6.07, 6.45) is -3.66. The Morgan fingerprint density at radius 2 is 1.74 bits per heavy atom. The average molecular weight is 489 g/mol. The number of benzene rings is 2. The van der Waals surface area contributed by atoms with Crippen molar-refractivity contribution in [2.45, 2.75) is 13.1 Å². The number of Topliss-reactive ketones (excluding diaryl/α,β-unsaturated/α-hetero) is 1. The summed E-state index contributed by atoms with van der Waals surface area (Å²) in [5.74, 6) is -2.07. The molecule has 0 atom stereocenters. The molecular formula is C19H15F3INO3. The fourth-order valence-electron chi connectivity index (χ4n) is 2.20. The molecular weight excluding hydrogens is 474 g/mol. The van der Waals surface area contributed by atoms with Crippen LogP contribution in [0, 0.1) is 3.57 Å². The number of nitrogens with one attached hydrogen (secondary N) is 1. The van der Waals surface area contributed by atoms with E-state index in [0.29, 0.717) is 5.69 Å². The standard InChI is InChI=1S/C19H15F3INO3/c1-2-27-18(26)15(11-24-13-9-7-12(23)8-10-13)17(25)14-5-3-4-6-16(14)19(20,21)22/h3-11,24H,2H2,1H3. The second kappa shape index (κ2) is 9.03. The van der Waals surface area contributed by atoms with Crippen LogP contribution in [0.4, 0.5) is 18.9 Å². The summed E-state index contributed by atoms with van der Waals surface area (Å²) in [7, 11) is 0. The Labute approximate surface area is 167 Å². The molecule has 142 valence electrons. The lowest BCUT2D eigenvalue weighted by Gasteiger charge is -2.13. The zero-order valence-corrected chi connectivity index (χ0v) is 16.3. The van der Waals surface area contributed by atoms with Gasteiger partial charge in [-0.25, -0.2) is 4.79 Å². The van der Waals surface area contributed by atoms with E-state index in [9.17, 15) is 22.8 Å². The summed E-state index contributed by atoms with van der Waals surface area (Å²) in [5, 5.41) is 2.75. The van der Waals surface area contributed by atoms with Gasteiger partial charge < -0.3 is 10.1 Å². The van der Waals surface area contributed by atoms with E-state index >= 15 is 0 Å². The van der Waals surface area contributed by atoms with Gasteiger partial charge in [0.25, 0.3) is 0 Å². The lowest BCUT2D eigenvalue weighted by atomic mass is 9.98. The highest BCUT2D eigenvalue weighted by Gasteiger charge is 2.36. The molecule has 0 aliphatic rings. The molecule has 0 heterocycles. The fourth-order valence-corrected chi connectivity index (χ4v) is 2.56. The van der Waals surface area contributed by atoms with Crippen LogP contribution in [0.15, 0.2) is 60.3 Å². The van der Waals surface area contributed by atoms with E-state index in [4.69, 9.17) is 4.74 Å². The molecule has 0 saturated carbocycles. The van der Waals surface area contributed by atoms with Crippen LogP contribution in [0.1, 0.15) is 22.8 Å². The number of anilines is 1. The minimum atomic E-state index is -4.73. The molecule has 1 N–H and O–H groups in total. The highest BCUT2D eigenvalue weighted by Crippen LogP contribution is 2.33. The van der Waals surface area contributed by atoms with E-state index in [1.54, 1.807) is 24.3 Å². The van der Waals surface area contributed by atoms with Crippen molar-refractivity contribution in [3.05, 3.63) is 75.0 Å². The highest BCUT2D eigenvalue weighted by molar-refractivity contribution is 14.1. The van der Waals surface area contributed by atoms with E-state index < -0.39 is 34.6 Å². The molecule has 0 aliphatic heterocycles. The first-order valence-corrected chi connectivity index (χ1v) is 8.92. The van der Waals surface area contributed by atoms with Crippen LogP contribution in [0.2, 0.25) is 0 Å². The van der Waals surface area contributed by atoms with Crippen LogP contribution >= 0.6 is 22.6 Å². The van der Waals surface area contributed by atoms with E-state index in [2.05, 4.69) is 27.9 Å². The Morgan fingerprint density at radius 1 is 1.11 bits per heavy atom. The third-order valence-corrected chi connectivity index (χ3v) is 4.16. The Balaban J connectivity index is 2.42. The number of alkyl halides is 3. The van der Waals surface area contributed by atoms with Crippen LogP contribution in [0.5, 0.6) is 0 Å². The van der Waals surface area contributed by atoms with Gasteiger partial charge in [-0.2, -0.15) is 13.2 Å². The Kier molecular flexibility index (Phi) is 7.00. The molecule has 0 unspecified atom stereocenters. The van der Waals surface area contributed by atoms with Crippen molar-refractivity contribution in [3.8, 4) is 0 Å². The molecule has 0 aromatic heterocycles. The van der Waals surface area contributed by atoms with Crippen LogP contribution in [-0.2, 0) is 15.7 Å². The highest BCUT2D eigenvalue weighted by atomic mass is 127. The molecule has 0 aliphatic carbocycles. The minimum absolute atomic E-state index is 0.0199. The van der Waals surface area contributed by atoms with Crippen molar-refractivity contribution in [1.29, 1.82) is 0 Å². The first kappa shape index (κ1) is 20.9. The molecule has 0 saturated heterocycles. The van der Waals surface area contributed by atoms with E-state index in [0.717, 1.165) is 21.9 Å². The monoisotopic (exact) mass is 489 g/mol. The van der Waals surface area contributed by atoms with Gasteiger partial charge in [0.15, 0.2) is 0 Å². The van der Waals surface area contributed by atoms with Gasteiger partial charge >= 0.3 is 12.1 Å². The molecule has 27 heavy (non-hydrogen) atoms. The zero-order valence-electron chi connectivity index (χ0n) is 14.1. The SMILES string of the molecule is CCOC(=O)C(=CNc1ccc(I)cc1)C(=O)c1ccccc1C(F)(F)F. The summed E-state index contributed by atoms with van der Waals surface area (Å²) >= 11 is 2.11. The van der Waals surface area contributed by atoms with Gasteiger partial charge in [-0.3, -0.25) is 4.79 Å². The van der Waals surface area contributed by atoms with Gasteiger partial charge in [0, 0.05) is 21.0 Å². The fraction of sp³-hybridized carbons (Fsp3) is 0.158. The van der Waals surface area contributed by atoms with Gasteiger partial charge in [-0.15, -0.1) is 0 Å². The molecule has 2 aromatic rings. The van der Waals surface area contributed by atoms with Crippen molar-refractivity contribution in [2.75, 3.05) is 11.9 Å². The van der Waals surface area contributed by atoms with Crippen LogP contribution in [-0.4, -0.2) is 18.4 Å². The summed E-state index contributed by atoms with van der Waals surface area (Å²) in [5.41, 5.74) is -1.69. The third-order valence-electron chi connectivity index (χ3n) is 3.44. The Hall–Kier alpha value is -2.36. The predicted molar refractivity (Wildman–Crippen MR) is 103 cm³/mol. The first-order valence-electron chi connectivity index (χ1n) is 7.84. The second-order valence-electron chi connectivity index (χ2n) is 5.30. The maximum absolute atomic E-state index is 13.2. The molecule has 2 rings (SSSR count). The minimum Gasteiger partial charge on any atom is -0.462 e. The van der Waals surface area contributed by atoms with Gasteiger partial charge in [0.2, 0.25) is 5.78 Å². The topological polar surface area (TPSA) is 55.4 Å². The number of esters is 1. The van der Waals surface area contributed by atoms with E-state index in [-0.39, 0.29) is 6.61 Å². The van der Waals surface area contributed by atoms with Crippen molar-refractivity contribution < 1.29 is 27.5 Å². The number of rotatable bonds is 6. The number of halogens is 4. The normalized spacial score (nSPS) is 11.8. The predicted octanol–water partition coefficient (Wildman–Crippen LogP) is 5.05. The van der Waals surface area contributed by atoms with E-state index in [1.165, 1.54) is 19.1 Å². The number of hydrogen-bond donors (Lipinski definition) is 1. The molecule has 0 radical (unpaired) electrons. The van der Waals surface area contributed by atoms with Crippen LogP contribution < -0.4 is 5.32 Å². The van der Waals surface area contributed by atoms with Crippen LogP contribution in [0.3, 0.4) is 0 Å². The second-order valence-corrected chi connectivity index (χ2v) is 6.55. The smallest absolute Gasteiger partial charge is 0.417 e. The van der Waals surface area contributed by atoms with Crippen molar-refractivity contribution in [3.63, 3.8) is 0 Å². The Morgan fingerprint density at radius 3 is 2.33 bits per heavy atom. The zero-order chi connectivity index (χ0) is 20.0. The maximum atomic E-state index is 13.2. The van der Waals surface area contributed by atoms with Gasteiger partial charge in [0.05, 0.1) is 12.2 Å². The summed E-state index contributed by atoms with van der Waals surface area (Å²) in [6.45, 7) is 1.52. The Bertz CT molecular complexity index is 861. The quantitative estimate of drug-likeness (QED) is 0.154. The number of ketones is 1.